The van der Waals surface area contributed by atoms with Crippen molar-refractivity contribution < 1.29 is 23.5 Å². The number of nitrogens with zero attached hydrogens (tertiary/aromatic N) is 2. The summed E-state index contributed by atoms with van der Waals surface area (Å²) in [4.78, 5) is 39.4. The first kappa shape index (κ1) is 26.9. The molecule has 0 radical (unpaired) electrons. The van der Waals surface area contributed by atoms with Crippen LogP contribution in [0, 0.1) is 5.82 Å². The lowest BCUT2D eigenvalue weighted by molar-refractivity contribution is -0.155. The highest BCUT2D eigenvalue weighted by atomic mass is 19.1. The lowest BCUT2D eigenvalue weighted by Gasteiger charge is -2.36. The highest BCUT2D eigenvalue weighted by Gasteiger charge is 2.27. The van der Waals surface area contributed by atoms with Gasteiger partial charge < -0.3 is 15.0 Å². The quantitative estimate of drug-likeness (QED) is 0.295. The number of benzene rings is 1. The summed E-state index contributed by atoms with van der Waals surface area (Å²) < 4.78 is 20.2. The van der Waals surface area contributed by atoms with Gasteiger partial charge in [0.2, 0.25) is 11.8 Å². The van der Waals surface area contributed by atoms with Crippen molar-refractivity contribution in [3.8, 4) is 0 Å². The maximum atomic E-state index is 14.8. The van der Waals surface area contributed by atoms with E-state index < -0.39 is 11.6 Å². The molecule has 2 fully saturated rings. The number of carbonyl (C=O) groups is 3. The maximum absolute atomic E-state index is 14.8. The molecule has 1 unspecified atom stereocenters. The van der Waals surface area contributed by atoms with Crippen LogP contribution >= 0.6 is 0 Å². The molecule has 2 heterocycles. The van der Waals surface area contributed by atoms with Crippen LogP contribution < -0.4 is 15.5 Å². The minimum absolute atomic E-state index is 0.124. The average molecular weight is 491 g/mol. The zero-order valence-corrected chi connectivity index (χ0v) is 21.2. The fourth-order valence-corrected chi connectivity index (χ4v) is 4.45. The van der Waals surface area contributed by atoms with Gasteiger partial charge in [-0.1, -0.05) is 12.8 Å². The third-order valence-electron chi connectivity index (χ3n) is 6.27. The van der Waals surface area contributed by atoms with E-state index in [4.69, 9.17) is 4.74 Å². The number of halogens is 1. The largest absolute Gasteiger partial charge is 0.460 e. The van der Waals surface area contributed by atoms with Crippen LogP contribution in [-0.2, 0) is 19.1 Å². The van der Waals surface area contributed by atoms with Gasteiger partial charge in [0.15, 0.2) is 0 Å². The second-order valence-corrected chi connectivity index (χ2v) is 10.4. The summed E-state index contributed by atoms with van der Waals surface area (Å²) in [5.74, 6) is -1.09. The van der Waals surface area contributed by atoms with E-state index in [-0.39, 0.29) is 30.0 Å². The van der Waals surface area contributed by atoms with Gasteiger partial charge in [-0.25, -0.2) is 4.39 Å². The second kappa shape index (κ2) is 12.3. The summed E-state index contributed by atoms with van der Waals surface area (Å²) in [5, 5.41) is 5.33. The number of anilines is 2. The Labute approximate surface area is 207 Å². The summed E-state index contributed by atoms with van der Waals surface area (Å²) in [5.41, 5.74) is 0.684. The number of unbranched alkanes of at least 4 members (excludes halogenated alkanes) is 3. The Morgan fingerprint density at radius 2 is 1.83 bits per heavy atom. The summed E-state index contributed by atoms with van der Waals surface area (Å²) in [7, 11) is 0. The van der Waals surface area contributed by atoms with Crippen molar-refractivity contribution in [2.75, 3.05) is 42.9 Å². The Morgan fingerprint density at radius 1 is 1.11 bits per heavy atom. The zero-order chi connectivity index (χ0) is 25.4. The number of esters is 1. The molecule has 0 saturated carbocycles. The molecule has 8 nitrogen and oxygen atoms in total. The lowest BCUT2D eigenvalue weighted by atomic mass is 10.1. The van der Waals surface area contributed by atoms with Gasteiger partial charge in [0, 0.05) is 44.7 Å². The molecule has 2 aliphatic heterocycles. The number of imide groups is 1. The molecule has 194 valence electrons. The van der Waals surface area contributed by atoms with E-state index in [0.717, 1.165) is 58.4 Å². The molecule has 35 heavy (non-hydrogen) atoms. The summed E-state index contributed by atoms with van der Waals surface area (Å²) in [6.45, 7) is 9.95. The van der Waals surface area contributed by atoms with Crippen LogP contribution in [0.25, 0.3) is 0 Å². The fraction of sp³-hybridized carbons (Fsp3) is 0.654. The normalized spacial score (nSPS) is 19.4. The number of nitrogens with one attached hydrogen (secondary N) is 2. The van der Waals surface area contributed by atoms with E-state index in [1.54, 1.807) is 12.1 Å². The number of ether oxygens (including phenoxy) is 1. The number of amides is 2. The predicted octanol–water partition coefficient (Wildman–Crippen LogP) is 3.46. The number of hydrogen-bond donors (Lipinski definition) is 2. The zero-order valence-electron chi connectivity index (χ0n) is 21.2. The molecule has 1 atom stereocenters. The average Bonchev–Trinajstić information content (AvgIpc) is 2.77. The van der Waals surface area contributed by atoms with Crippen molar-refractivity contribution in [1.82, 2.24) is 10.2 Å². The van der Waals surface area contributed by atoms with Crippen molar-refractivity contribution >= 4 is 29.2 Å². The fourth-order valence-electron chi connectivity index (χ4n) is 4.45. The molecule has 9 heteroatoms. The van der Waals surface area contributed by atoms with Gasteiger partial charge in [0.25, 0.3) is 0 Å². The number of carbonyl (C=O) groups excluding carboxylic acids is 3. The molecule has 1 aromatic rings. The second-order valence-electron chi connectivity index (χ2n) is 10.4. The van der Waals surface area contributed by atoms with E-state index in [2.05, 4.69) is 20.4 Å². The van der Waals surface area contributed by atoms with Crippen LogP contribution in [0.5, 0.6) is 0 Å². The third-order valence-corrected chi connectivity index (χ3v) is 6.27. The standard InChI is InChI=1S/C26H39FN4O4/c1-26(2,3)35-24(33)8-6-4-5-7-13-30-14-16-31(17-15-30)22-11-9-19(18-20(22)27)28-21-10-12-23(32)29-25(21)34/h9,11,18,21,28H,4-8,10,12-17H2,1-3H3,(H,29,32,34). The van der Waals surface area contributed by atoms with Crippen molar-refractivity contribution in [2.24, 2.45) is 0 Å². The monoisotopic (exact) mass is 490 g/mol. The first-order chi connectivity index (χ1) is 16.6. The molecule has 0 aromatic heterocycles. The van der Waals surface area contributed by atoms with Gasteiger partial charge in [-0.3, -0.25) is 24.6 Å². The Bertz CT molecular complexity index is 894. The Kier molecular flexibility index (Phi) is 9.48. The van der Waals surface area contributed by atoms with Crippen LogP contribution in [0.4, 0.5) is 15.8 Å². The molecule has 2 aliphatic rings. The van der Waals surface area contributed by atoms with Gasteiger partial charge in [-0.05, 0) is 64.8 Å². The molecule has 3 rings (SSSR count). The van der Waals surface area contributed by atoms with Crippen molar-refractivity contribution in [2.45, 2.75) is 77.4 Å². The summed E-state index contributed by atoms with van der Waals surface area (Å²) >= 11 is 0. The van der Waals surface area contributed by atoms with Gasteiger partial charge >= 0.3 is 5.97 Å². The van der Waals surface area contributed by atoms with E-state index in [1.165, 1.54) is 6.07 Å². The van der Waals surface area contributed by atoms with Gasteiger partial charge in [-0.15, -0.1) is 0 Å². The number of hydrogen-bond acceptors (Lipinski definition) is 7. The Hall–Kier alpha value is -2.68. The van der Waals surface area contributed by atoms with Crippen molar-refractivity contribution in [1.29, 1.82) is 0 Å². The molecular formula is C26H39FN4O4. The van der Waals surface area contributed by atoms with Gasteiger partial charge in [0.1, 0.15) is 17.5 Å². The molecule has 2 amide bonds. The molecule has 0 bridgehead atoms. The van der Waals surface area contributed by atoms with E-state index in [0.29, 0.717) is 24.2 Å². The highest BCUT2D eigenvalue weighted by molar-refractivity contribution is 6.01. The summed E-state index contributed by atoms with van der Waals surface area (Å²) in [6.07, 6.45) is 5.20. The molecule has 2 N–H and O–H groups in total. The predicted molar refractivity (Wildman–Crippen MR) is 134 cm³/mol. The van der Waals surface area contributed by atoms with Crippen LogP contribution in [-0.4, -0.2) is 67.1 Å². The van der Waals surface area contributed by atoms with Gasteiger partial charge in [-0.2, -0.15) is 0 Å². The van der Waals surface area contributed by atoms with Crippen LogP contribution in [0.2, 0.25) is 0 Å². The molecule has 1 aromatic carbocycles. The smallest absolute Gasteiger partial charge is 0.306 e. The van der Waals surface area contributed by atoms with E-state index in [9.17, 15) is 18.8 Å². The van der Waals surface area contributed by atoms with Gasteiger partial charge in [0.05, 0.1) is 5.69 Å². The molecule has 0 aliphatic carbocycles. The van der Waals surface area contributed by atoms with Crippen molar-refractivity contribution in [3.05, 3.63) is 24.0 Å². The number of rotatable bonds is 10. The van der Waals surface area contributed by atoms with E-state index in [1.807, 2.05) is 20.8 Å². The van der Waals surface area contributed by atoms with Crippen LogP contribution in [0.3, 0.4) is 0 Å². The van der Waals surface area contributed by atoms with E-state index >= 15 is 0 Å². The first-order valence-electron chi connectivity index (χ1n) is 12.7. The highest BCUT2D eigenvalue weighted by Crippen LogP contribution is 2.25. The summed E-state index contributed by atoms with van der Waals surface area (Å²) in [6, 6.07) is 4.43. The number of piperazine rings is 1. The third kappa shape index (κ3) is 8.80. The topological polar surface area (TPSA) is 91.0 Å². The lowest BCUT2D eigenvalue weighted by Crippen LogP contribution is -2.47. The van der Waals surface area contributed by atoms with Crippen LogP contribution in [0.1, 0.15) is 65.7 Å². The van der Waals surface area contributed by atoms with Crippen molar-refractivity contribution in [3.63, 3.8) is 0 Å². The Balaban J connectivity index is 1.34. The maximum Gasteiger partial charge on any atom is 0.306 e. The Morgan fingerprint density at radius 3 is 2.49 bits per heavy atom. The molecular weight excluding hydrogens is 451 g/mol. The SMILES string of the molecule is CC(C)(C)OC(=O)CCCCCCN1CCN(c2ccc(NC3CCC(=O)NC3=O)cc2F)CC1. The minimum atomic E-state index is -0.529. The number of piperidine rings is 1. The first-order valence-corrected chi connectivity index (χ1v) is 12.7. The molecule has 2 saturated heterocycles. The van der Waals surface area contributed by atoms with Crippen LogP contribution in [0.15, 0.2) is 18.2 Å². The minimum Gasteiger partial charge on any atom is -0.460 e. The molecule has 0 spiro atoms.